The third-order valence-electron chi connectivity index (χ3n) is 5.99. The molecule has 1 aliphatic rings. The van der Waals surface area contributed by atoms with Crippen LogP contribution in [-0.4, -0.2) is 43.2 Å². The average Bonchev–Trinajstić information content (AvgIpc) is 2.89. The SMILES string of the molecule is COc1ccc(CNC(=O)C2CCN(c3nccnc3Sc3ccc(C)cc3)CC2)c(OC)c1. The van der Waals surface area contributed by atoms with Crippen molar-refractivity contribution in [1.29, 1.82) is 0 Å². The van der Waals surface area contributed by atoms with Crippen molar-refractivity contribution in [2.75, 3.05) is 32.2 Å². The maximum atomic E-state index is 12.8. The molecule has 2 aromatic carbocycles. The molecule has 0 aliphatic carbocycles. The summed E-state index contributed by atoms with van der Waals surface area (Å²) in [5.41, 5.74) is 2.15. The van der Waals surface area contributed by atoms with Crippen molar-refractivity contribution < 1.29 is 14.3 Å². The van der Waals surface area contributed by atoms with Crippen molar-refractivity contribution in [3.8, 4) is 11.5 Å². The molecule has 1 aliphatic heterocycles. The summed E-state index contributed by atoms with van der Waals surface area (Å²) in [6, 6.07) is 14.0. The van der Waals surface area contributed by atoms with Crippen LogP contribution < -0.4 is 19.7 Å². The van der Waals surface area contributed by atoms with Gasteiger partial charge in [-0.05, 0) is 44.0 Å². The molecule has 0 bridgehead atoms. The van der Waals surface area contributed by atoms with Crippen LogP contribution in [0.2, 0.25) is 0 Å². The summed E-state index contributed by atoms with van der Waals surface area (Å²) in [4.78, 5) is 25.4. The number of carbonyl (C=O) groups is 1. The minimum absolute atomic E-state index is 0.0228. The van der Waals surface area contributed by atoms with Gasteiger partial charge in [0.25, 0.3) is 0 Å². The van der Waals surface area contributed by atoms with Gasteiger partial charge in [0.1, 0.15) is 16.5 Å². The van der Waals surface area contributed by atoms with Gasteiger partial charge < -0.3 is 19.7 Å². The Kier molecular flexibility index (Phi) is 7.90. The third-order valence-corrected chi connectivity index (χ3v) is 6.98. The van der Waals surface area contributed by atoms with Crippen molar-refractivity contribution in [3.63, 3.8) is 0 Å². The molecule has 1 N–H and O–H groups in total. The van der Waals surface area contributed by atoms with E-state index in [4.69, 9.17) is 9.47 Å². The number of hydrogen-bond acceptors (Lipinski definition) is 7. The highest BCUT2D eigenvalue weighted by molar-refractivity contribution is 7.99. The van der Waals surface area contributed by atoms with Crippen LogP contribution in [0.3, 0.4) is 0 Å². The smallest absolute Gasteiger partial charge is 0.223 e. The zero-order chi connectivity index (χ0) is 23.9. The van der Waals surface area contributed by atoms with Crippen LogP contribution in [0.5, 0.6) is 11.5 Å². The summed E-state index contributed by atoms with van der Waals surface area (Å²) < 4.78 is 10.7. The number of nitrogens with zero attached hydrogens (tertiary/aromatic N) is 3. The molecule has 1 fully saturated rings. The fourth-order valence-corrected chi connectivity index (χ4v) is 4.88. The predicted molar refractivity (Wildman–Crippen MR) is 134 cm³/mol. The highest BCUT2D eigenvalue weighted by Crippen LogP contribution is 2.34. The number of hydrogen-bond donors (Lipinski definition) is 1. The monoisotopic (exact) mass is 478 g/mol. The normalized spacial score (nSPS) is 14.0. The van der Waals surface area contributed by atoms with Crippen LogP contribution in [0, 0.1) is 12.8 Å². The topological polar surface area (TPSA) is 76.6 Å². The standard InChI is InChI=1S/C26H30N4O3S/c1-18-4-8-22(9-5-18)34-26-24(27-12-13-28-26)30-14-10-19(11-15-30)25(31)29-17-20-6-7-21(32-2)16-23(20)33-3/h4-9,12-13,16,19H,10-11,14-15,17H2,1-3H3,(H,29,31). The van der Waals surface area contributed by atoms with E-state index in [1.54, 1.807) is 38.4 Å². The highest BCUT2D eigenvalue weighted by atomic mass is 32.2. The number of rotatable bonds is 8. The molecule has 0 atom stereocenters. The van der Waals surface area contributed by atoms with Crippen molar-refractivity contribution in [2.45, 2.75) is 36.2 Å². The lowest BCUT2D eigenvalue weighted by atomic mass is 9.96. The maximum absolute atomic E-state index is 12.8. The molecule has 0 unspecified atom stereocenters. The van der Waals surface area contributed by atoms with E-state index in [9.17, 15) is 4.79 Å². The number of piperidine rings is 1. The Morgan fingerprint density at radius 3 is 2.50 bits per heavy atom. The molecule has 1 aromatic heterocycles. The molecule has 4 rings (SSSR count). The molecule has 3 aromatic rings. The molecule has 0 radical (unpaired) electrons. The van der Waals surface area contributed by atoms with Crippen LogP contribution in [-0.2, 0) is 11.3 Å². The Morgan fingerprint density at radius 1 is 1.06 bits per heavy atom. The van der Waals surface area contributed by atoms with Crippen molar-refractivity contribution >= 4 is 23.5 Å². The zero-order valence-electron chi connectivity index (χ0n) is 19.8. The number of aromatic nitrogens is 2. The number of nitrogens with one attached hydrogen (secondary N) is 1. The van der Waals surface area contributed by atoms with Gasteiger partial charge in [0.15, 0.2) is 5.82 Å². The van der Waals surface area contributed by atoms with E-state index in [0.29, 0.717) is 12.3 Å². The molecule has 7 nitrogen and oxygen atoms in total. The van der Waals surface area contributed by atoms with E-state index < -0.39 is 0 Å². The number of aryl methyl sites for hydroxylation is 1. The number of amides is 1. The Bertz CT molecular complexity index is 1120. The molecule has 8 heteroatoms. The Morgan fingerprint density at radius 2 is 1.79 bits per heavy atom. The van der Waals surface area contributed by atoms with E-state index in [2.05, 4.69) is 51.4 Å². The molecular formula is C26H30N4O3S. The van der Waals surface area contributed by atoms with E-state index in [-0.39, 0.29) is 11.8 Å². The molecule has 0 saturated carbocycles. The van der Waals surface area contributed by atoms with Gasteiger partial charge in [-0.25, -0.2) is 9.97 Å². The first-order chi connectivity index (χ1) is 16.6. The molecule has 0 spiro atoms. The third kappa shape index (κ3) is 5.80. The van der Waals surface area contributed by atoms with Gasteiger partial charge in [-0.3, -0.25) is 4.79 Å². The second kappa shape index (κ2) is 11.2. The first-order valence-corrected chi connectivity index (χ1v) is 12.2. The summed E-state index contributed by atoms with van der Waals surface area (Å²) in [6.07, 6.45) is 5.01. The molecule has 34 heavy (non-hydrogen) atoms. The van der Waals surface area contributed by atoms with Crippen molar-refractivity contribution in [3.05, 3.63) is 66.0 Å². The molecule has 1 saturated heterocycles. The van der Waals surface area contributed by atoms with Crippen molar-refractivity contribution in [2.24, 2.45) is 5.92 Å². The van der Waals surface area contributed by atoms with E-state index in [0.717, 1.165) is 53.0 Å². The summed E-state index contributed by atoms with van der Waals surface area (Å²) in [5.74, 6) is 2.37. The fraction of sp³-hybridized carbons (Fsp3) is 0.346. The van der Waals surface area contributed by atoms with Gasteiger partial charge in [0.2, 0.25) is 5.91 Å². The lowest BCUT2D eigenvalue weighted by molar-refractivity contribution is -0.125. The van der Waals surface area contributed by atoms with E-state index >= 15 is 0 Å². The Hall–Kier alpha value is -3.26. The van der Waals surface area contributed by atoms with Gasteiger partial charge in [0, 0.05) is 54.5 Å². The Labute approximate surface area is 204 Å². The highest BCUT2D eigenvalue weighted by Gasteiger charge is 2.27. The summed E-state index contributed by atoms with van der Waals surface area (Å²) >= 11 is 1.62. The molecular weight excluding hydrogens is 448 g/mol. The lowest BCUT2D eigenvalue weighted by Gasteiger charge is -2.32. The fourth-order valence-electron chi connectivity index (χ4n) is 4.00. The zero-order valence-corrected chi connectivity index (χ0v) is 20.6. The van der Waals surface area contributed by atoms with Crippen LogP contribution in [0.15, 0.2) is 64.8 Å². The summed E-state index contributed by atoms with van der Waals surface area (Å²) in [7, 11) is 3.24. The van der Waals surface area contributed by atoms with Gasteiger partial charge in [-0.1, -0.05) is 29.5 Å². The molecule has 2 heterocycles. The van der Waals surface area contributed by atoms with Gasteiger partial charge in [0.05, 0.1) is 14.2 Å². The second-order valence-corrected chi connectivity index (χ2v) is 9.32. The number of carbonyl (C=O) groups excluding carboxylic acids is 1. The largest absolute Gasteiger partial charge is 0.497 e. The maximum Gasteiger partial charge on any atom is 0.223 e. The first kappa shape index (κ1) is 23.9. The predicted octanol–water partition coefficient (Wildman–Crippen LogP) is 4.49. The second-order valence-electron chi connectivity index (χ2n) is 8.26. The van der Waals surface area contributed by atoms with E-state index in [1.165, 1.54) is 5.56 Å². The summed E-state index contributed by atoms with van der Waals surface area (Å²) in [6.45, 7) is 4.04. The van der Waals surface area contributed by atoms with Crippen LogP contribution in [0.1, 0.15) is 24.0 Å². The molecule has 178 valence electrons. The number of anilines is 1. The van der Waals surface area contributed by atoms with Gasteiger partial charge in [-0.15, -0.1) is 0 Å². The first-order valence-electron chi connectivity index (χ1n) is 11.4. The minimum atomic E-state index is -0.0228. The van der Waals surface area contributed by atoms with Crippen LogP contribution >= 0.6 is 11.8 Å². The quantitative estimate of drug-likeness (QED) is 0.511. The van der Waals surface area contributed by atoms with E-state index in [1.807, 2.05) is 18.2 Å². The summed E-state index contributed by atoms with van der Waals surface area (Å²) in [5, 5.41) is 3.96. The molecule has 1 amide bonds. The lowest BCUT2D eigenvalue weighted by Crippen LogP contribution is -2.41. The minimum Gasteiger partial charge on any atom is -0.497 e. The van der Waals surface area contributed by atoms with Crippen LogP contribution in [0.25, 0.3) is 0 Å². The van der Waals surface area contributed by atoms with Crippen molar-refractivity contribution in [1.82, 2.24) is 15.3 Å². The van der Waals surface area contributed by atoms with Gasteiger partial charge >= 0.3 is 0 Å². The number of ether oxygens (including phenoxy) is 2. The van der Waals surface area contributed by atoms with Gasteiger partial charge in [-0.2, -0.15) is 0 Å². The average molecular weight is 479 g/mol. The van der Waals surface area contributed by atoms with Crippen LogP contribution in [0.4, 0.5) is 5.82 Å². The number of methoxy groups -OCH3 is 2. The number of benzene rings is 2. The Balaban J connectivity index is 1.34.